The molecular weight excluding hydrogens is 229 g/mol. The second-order valence-electron chi connectivity index (χ2n) is 3.92. The van der Waals surface area contributed by atoms with Crippen LogP contribution in [0.1, 0.15) is 71.1 Å². The van der Waals surface area contributed by atoms with E-state index in [-0.39, 0.29) is 29.6 Å². The molecule has 0 radical (unpaired) electrons. The largest absolute Gasteiger partial charge is 1.00 e. The maximum atomic E-state index is 8.36. The Morgan fingerprint density at radius 2 is 1.29 bits per heavy atom. The van der Waals surface area contributed by atoms with Gasteiger partial charge >= 0.3 is 29.6 Å². The molecule has 0 aromatic carbocycles. The summed E-state index contributed by atoms with van der Waals surface area (Å²) in [6, 6.07) is 0. The van der Waals surface area contributed by atoms with E-state index in [1.807, 2.05) is 0 Å². The summed E-state index contributed by atoms with van der Waals surface area (Å²) in [5.74, 6) is 0. The van der Waals surface area contributed by atoms with Gasteiger partial charge in [0.2, 0.25) is 0 Å². The van der Waals surface area contributed by atoms with E-state index >= 15 is 0 Å². The molecule has 4 nitrogen and oxygen atoms in total. The Morgan fingerprint density at radius 1 is 1.00 bits per heavy atom. The molecule has 98 valence electrons. The molecule has 0 fully saturated rings. The Bertz CT molecular complexity index is 132. The molecule has 0 unspecified atom stereocenters. The van der Waals surface area contributed by atoms with Crippen LogP contribution in [0.15, 0.2) is 0 Å². The van der Waals surface area contributed by atoms with Gasteiger partial charge in [-0.2, -0.15) is 6.42 Å². The van der Waals surface area contributed by atoms with E-state index in [0.717, 1.165) is 6.42 Å². The van der Waals surface area contributed by atoms with Gasteiger partial charge < -0.3 is 12.1 Å². The van der Waals surface area contributed by atoms with E-state index in [1.165, 1.54) is 57.8 Å². The molecule has 0 amide bonds. The fraction of sp³-hybridized carbons (Fsp3) is 0.917. The summed E-state index contributed by atoms with van der Waals surface area (Å²) in [5.41, 5.74) is 0. The average molecular weight is 255 g/mol. The normalized spacial score (nSPS) is 8.82. The molecule has 5 heteroatoms. The Morgan fingerprint density at radius 3 is 1.59 bits per heavy atom. The SMILES string of the molecule is O=[N+]([O-])O.[CH2-]CCCCCCCCCCC.[Na+]. The van der Waals surface area contributed by atoms with E-state index in [9.17, 15) is 0 Å². The molecule has 0 rings (SSSR count). The summed E-state index contributed by atoms with van der Waals surface area (Å²) >= 11 is 0. The zero-order valence-electron chi connectivity index (χ0n) is 11.5. The molecule has 1 N–H and O–H groups in total. The van der Waals surface area contributed by atoms with Gasteiger partial charge in [-0.1, -0.05) is 64.7 Å². The Balaban J connectivity index is -0.000000340. The van der Waals surface area contributed by atoms with Gasteiger partial charge in [-0.25, -0.2) is 0 Å². The van der Waals surface area contributed by atoms with Crippen molar-refractivity contribution in [3.05, 3.63) is 17.0 Å². The molecule has 0 heterocycles. The Hall–Kier alpha value is 0.200. The summed E-state index contributed by atoms with van der Waals surface area (Å²) in [5, 5.41) is 13.6. The number of rotatable bonds is 9. The van der Waals surface area contributed by atoms with Gasteiger partial charge in [0.1, 0.15) is 0 Å². The fourth-order valence-electron chi connectivity index (χ4n) is 1.49. The zero-order valence-corrected chi connectivity index (χ0v) is 13.5. The van der Waals surface area contributed by atoms with Gasteiger partial charge in [-0.3, -0.25) is 0 Å². The summed E-state index contributed by atoms with van der Waals surface area (Å²) < 4.78 is 0. The molecule has 0 saturated carbocycles. The molecule has 0 aromatic heterocycles. The van der Waals surface area contributed by atoms with Gasteiger partial charge in [-0.05, 0) is 0 Å². The fourth-order valence-corrected chi connectivity index (χ4v) is 1.49. The molecule has 17 heavy (non-hydrogen) atoms. The van der Waals surface area contributed by atoms with Crippen molar-refractivity contribution >= 4 is 0 Å². The van der Waals surface area contributed by atoms with Crippen molar-refractivity contribution in [1.82, 2.24) is 0 Å². The monoisotopic (exact) mass is 255 g/mol. The van der Waals surface area contributed by atoms with Crippen molar-refractivity contribution in [2.24, 2.45) is 0 Å². The summed E-state index contributed by atoms with van der Waals surface area (Å²) in [6.07, 6.45) is 13.9. The maximum absolute atomic E-state index is 8.36. The van der Waals surface area contributed by atoms with Crippen LogP contribution in [0, 0.1) is 17.0 Å². The van der Waals surface area contributed by atoms with Gasteiger partial charge in [-0.15, -0.1) is 10.1 Å². The Kier molecular flexibility index (Phi) is 28.3. The number of hydrogen-bond donors (Lipinski definition) is 1. The molecule has 0 spiro atoms. The van der Waals surface area contributed by atoms with Crippen LogP contribution in [0.2, 0.25) is 0 Å². The number of unbranched alkanes of at least 4 members (excludes halogenated alkanes) is 9. The third-order valence-electron chi connectivity index (χ3n) is 2.35. The molecule has 0 aromatic rings. The van der Waals surface area contributed by atoms with Crippen molar-refractivity contribution in [3.63, 3.8) is 0 Å². The first-order valence-corrected chi connectivity index (χ1v) is 6.27. The minimum absolute atomic E-state index is 0. The van der Waals surface area contributed by atoms with Gasteiger partial charge in [0, 0.05) is 0 Å². The van der Waals surface area contributed by atoms with E-state index < -0.39 is 5.09 Å². The van der Waals surface area contributed by atoms with Crippen molar-refractivity contribution in [1.29, 1.82) is 0 Å². The molecule has 0 aliphatic heterocycles. The molecule has 0 saturated heterocycles. The molecule has 0 atom stereocenters. The van der Waals surface area contributed by atoms with Crippen LogP contribution in [0.25, 0.3) is 0 Å². The third-order valence-corrected chi connectivity index (χ3v) is 2.35. The summed E-state index contributed by atoms with van der Waals surface area (Å²) in [6.45, 7) is 6.12. The van der Waals surface area contributed by atoms with Crippen LogP contribution >= 0.6 is 0 Å². The Labute approximate surface area is 128 Å². The number of nitrogens with zero attached hydrogens (tertiary/aromatic N) is 1. The molecule has 0 aliphatic rings. The van der Waals surface area contributed by atoms with Gasteiger partial charge in [0.25, 0.3) is 5.09 Å². The van der Waals surface area contributed by atoms with Crippen molar-refractivity contribution in [2.75, 3.05) is 0 Å². The van der Waals surface area contributed by atoms with Crippen LogP contribution in [-0.4, -0.2) is 10.3 Å². The molecular formula is C12H26NNaO3. The van der Waals surface area contributed by atoms with Crippen molar-refractivity contribution in [2.45, 2.75) is 71.1 Å². The summed E-state index contributed by atoms with van der Waals surface area (Å²) in [4.78, 5) is 8.36. The van der Waals surface area contributed by atoms with Gasteiger partial charge in [0.15, 0.2) is 0 Å². The first-order chi connectivity index (χ1) is 7.65. The predicted octanol–water partition coefficient (Wildman–Crippen LogP) is 1.40. The van der Waals surface area contributed by atoms with Crippen LogP contribution in [0.5, 0.6) is 0 Å². The van der Waals surface area contributed by atoms with Crippen LogP contribution in [0.3, 0.4) is 0 Å². The van der Waals surface area contributed by atoms with Crippen LogP contribution < -0.4 is 29.6 Å². The topological polar surface area (TPSA) is 63.4 Å². The number of hydrogen-bond acceptors (Lipinski definition) is 2. The standard InChI is InChI=1S/C12H25.HNO3.Na/c1-3-5-7-9-11-12-10-8-6-4-2;2-1(3)4;/h1,3-12H2,2H3;(H,2,3,4);/q-1;;+1. The first kappa shape index (κ1) is 22.4. The zero-order chi connectivity index (χ0) is 12.6. The van der Waals surface area contributed by atoms with E-state index in [2.05, 4.69) is 13.8 Å². The quantitative estimate of drug-likeness (QED) is 0.223. The first-order valence-electron chi connectivity index (χ1n) is 6.27. The molecule has 0 bridgehead atoms. The van der Waals surface area contributed by atoms with Crippen molar-refractivity contribution in [3.8, 4) is 0 Å². The molecule has 0 aliphatic carbocycles. The van der Waals surface area contributed by atoms with E-state index in [4.69, 9.17) is 15.3 Å². The van der Waals surface area contributed by atoms with Crippen molar-refractivity contribution < 1.29 is 39.9 Å². The minimum atomic E-state index is -1.50. The minimum Gasteiger partial charge on any atom is -0.343 e. The predicted molar refractivity (Wildman–Crippen MR) is 66.0 cm³/mol. The summed E-state index contributed by atoms with van der Waals surface area (Å²) in [7, 11) is 0. The van der Waals surface area contributed by atoms with Gasteiger partial charge in [0.05, 0.1) is 0 Å². The van der Waals surface area contributed by atoms with E-state index in [0.29, 0.717) is 0 Å². The van der Waals surface area contributed by atoms with E-state index in [1.54, 1.807) is 0 Å². The average Bonchev–Trinajstić information content (AvgIpc) is 2.21. The second kappa shape index (κ2) is 21.5. The third kappa shape index (κ3) is 38.6. The smallest absolute Gasteiger partial charge is 0.343 e. The maximum Gasteiger partial charge on any atom is 1.00 e. The van der Waals surface area contributed by atoms with Crippen LogP contribution in [0.4, 0.5) is 0 Å². The second-order valence-corrected chi connectivity index (χ2v) is 3.92. The van der Waals surface area contributed by atoms with Crippen LogP contribution in [-0.2, 0) is 0 Å².